The van der Waals surface area contributed by atoms with Gasteiger partial charge in [0, 0.05) is 34.4 Å². The number of carbonyl (C=O) groups is 2. The molecule has 11 heteroatoms. The summed E-state index contributed by atoms with van der Waals surface area (Å²) < 4.78 is 27.3. The molecular weight excluding hydrogens is 510 g/mol. The third-order valence-corrected chi connectivity index (χ3v) is 7.06. The second-order valence-corrected chi connectivity index (χ2v) is 9.29. The van der Waals surface area contributed by atoms with E-state index in [0.717, 1.165) is 0 Å². The molecule has 0 saturated heterocycles. The highest BCUT2D eigenvalue weighted by molar-refractivity contribution is 5.98. The zero-order chi connectivity index (χ0) is 28.0. The second kappa shape index (κ2) is 9.99. The molecule has 5 rings (SSSR count). The molecule has 2 aliphatic heterocycles. The molecule has 0 radical (unpaired) electrons. The molecule has 3 N–H and O–H groups in total. The molecule has 2 atom stereocenters. The molecule has 0 aliphatic carbocycles. The van der Waals surface area contributed by atoms with Gasteiger partial charge in [0.15, 0.2) is 17.3 Å². The number of phenolic OH excluding ortho intramolecular Hbond substituents is 2. The lowest BCUT2D eigenvalue weighted by molar-refractivity contribution is -0.140. The van der Waals surface area contributed by atoms with Gasteiger partial charge in [0.1, 0.15) is 23.4 Å². The van der Waals surface area contributed by atoms with Crippen molar-refractivity contribution in [2.24, 2.45) is 0 Å². The number of nitrogens with zero attached hydrogens (tertiary/aromatic N) is 1. The zero-order valence-corrected chi connectivity index (χ0v) is 21.7. The number of aryl methyl sites for hydroxylation is 1. The van der Waals surface area contributed by atoms with Gasteiger partial charge in [0.05, 0.1) is 38.5 Å². The van der Waals surface area contributed by atoms with Crippen LogP contribution in [0.1, 0.15) is 69.2 Å². The Morgan fingerprint density at radius 1 is 1.10 bits per heavy atom. The summed E-state index contributed by atoms with van der Waals surface area (Å²) in [6.45, 7) is 2.98. The van der Waals surface area contributed by atoms with E-state index in [4.69, 9.17) is 23.7 Å². The molecule has 3 heterocycles. The number of aromatic hydroxyl groups is 3. The zero-order valence-electron chi connectivity index (χ0n) is 21.7. The van der Waals surface area contributed by atoms with E-state index < -0.39 is 35.3 Å². The Hall–Kier alpha value is -4.51. The second-order valence-electron chi connectivity index (χ2n) is 9.29. The van der Waals surface area contributed by atoms with E-state index in [1.165, 1.54) is 27.2 Å². The van der Waals surface area contributed by atoms with Gasteiger partial charge < -0.3 is 39.0 Å². The van der Waals surface area contributed by atoms with Gasteiger partial charge in [0.25, 0.3) is 0 Å². The molecule has 0 saturated carbocycles. The molecule has 0 spiro atoms. The maximum Gasteiger partial charge on any atom is 0.306 e. The molecule has 0 unspecified atom stereocenters. The van der Waals surface area contributed by atoms with Gasteiger partial charge >= 0.3 is 5.97 Å². The van der Waals surface area contributed by atoms with Crippen LogP contribution in [0.15, 0.2) is 24.4 Å². The quantitative estimate of drug-likeness (QED) is 0.298. The van der Waals surface area contributed by atoms with Crippen LogP contribution in [0.5, 0.6) is 34.5 Å². The number of fused-ring (bicyclic) bond motifs is 2. The van der Waals surface area contributed by atoms with Crippen molar-refractivity contribution in [1.82, 2.24) is 4.98 Å². The highest BCUT2D eigenvalue weighted by Gasteiger charge is 2.37. The monoisotopic (exact) mass is 537 g/mol. The van der Waals surface area contributed by atoms with Gasteiger partial charge in [-0.15, -0.1) is 0 Å². The van der Waals surface area contributed by atoms with Crippen molar-refractivity contribution in [3.63, 3.8) is 0 Å². The molecular formula is C28H27NO10. The van der Waals surface area contributed by atoms with Crippen molar-refractivity contribution in [3.8, 4) is 34.5 Å². The number of phenols is 2. The van der Waals surface area contributed by atoms with Gasteiger partial charge in [-0.25, -0.2) is 0 Å². The Morgan fingerprint density at radius 3 is 2.56 bits per heavy atom. The molecule has 1 aromatic heterocycles. The first-order valence-corrected chi connectivity index (χ1v) is 12.1. The highest BCUT2D eigenvalue weighted by atomic mass is 16.7. The first kappa shape index (κ1) is 26.1. The highest BCUT2D eigenvalue weighted by Crippen LogP contribution is 2.52. The summed E-state index contributed by atoms with van der Waals surface area (Å²) in [6.07, 6.45) is 0.301. The van der Waals surface area contributed by atoms with Gasteiger partial charge in [-0.3, -0.25) is 14.6 Å². The largest absolute Gasteiger partial charge is 0.507 e. The Bertz CT molecular complexity index is 1500. The fraction of sp³-hybridized carbons (Fsp3) is 0.321. The minimum Gasteiger partial charge on any atom is -0.507 e. The number of Topliss-reactive ketones (excluding diaryl/α,β-unsaturated/α-hetero) is 1. The van der Waals surface area contributed by atoms with E-state index in [-0.39, 0.29) is 42.3 Å². The Balaban J connectivity index is 1.76. The predicted molar refractivity (Wildman–Crippen MR) is 135 cm³/mol. The van der Waals surface area contributed by atoms with Crippen LogP contribution in [0.3, 0.4) is 0 Å². The molecule has 204 valence electrons. The Labute approximate surface area is 223 Å². The molecule has 2 aromatic carbocycles. The minimum atomic E-state index is -1.01. The first-order valence-electron chi connectivity index (χ1n) is 12.1. The van der Waals surface area contributed by atoms with Gasteiger partial charge in [0.2, 0.25) is 12.5 Å². The SMILES string of the molecule is COC(=O)C[C@H](c1cc(OC)c2c(c1)OCO2)c1c(O)c(C(C)=O)cc([C@H]2OCc3cnc(C)c(O)c32)c1O. The molecule has 39 heavy (non-hydrogen) atoms. The summed E-state index contributed by atoms with van der Waals surface area (Å²) in [5.41, 5.74) is 1.76. The lowest BCUT2D eigenvalue weighted by Crippen LogP contribution is -2.14. The van der Waals surface area contributed by atoms with Crippen molar-refractivity contribution in [2.75, 3.05) is 21.0 Å². The van der Waals surface area contributed by atoms with Crippen LogP contribution in [0, 0.1) is 6.92 Å². The number of hydrogen-bond acceptors (Lipinski definition) is 11. The summed E-state index contributed by atoms with van der Waals surface area (Å²) in [5, 5.41) is 33.8. The van der Waals surface area contributed by atoms with Crippen LogP contribution in [0.4, 0.5) is 0 Å². The topological polar surface area (TPSA) is 154 Å². The van der Waals surface area contributed by atoms with Crippen molar-refractivity contribution in [3.05, 3.63) is 63.5 Å². The molecule has 11 nitrogen and oxygen atoms in total. The molecule has 0 amide bonds. The number of ether oxygens (including phenoxy) is 5. The van der Waals surface area contributed by atoms with E-state index >= 15 is 0 Å². The number of ketones is 1. The van der Waals surface area contributed by atoms with Crippen LogP contribution in [0.2, 0.25) is 0 Å². The van der Waals surface area contributed by atoms with E-state index in [1.54, 1.807) is 25.3 Å². The van der Waals surface area contributed by atoms with Crippen LogP contribution in [-0.4, -0.2) is 53.1 Å². The number of rotatable bonds is 7. The predicted octanol–water partition coefficient (Wildman–Crippen LogP) is 3.76. The normalized spacial score (nSPS) is 16.1. The third kappa shape index (κ3) is 4.34. The Morgan fingerprint density at radius 2 is 1.87 bits per heavy atom. The van der Waals surface area contributed by atoms with E-state index in [9.17, 15) is 24.9 Å². The van der Waals surface area contributed by atoms with Crippen LogP contribution < -0.4 is 14.2 Å². The third-order valence-electron chi connectivity index (χ3n) is 7.06. The van der Waals surface area contributed by atoms with Crippen molar-refractivity contribution < 1.29 is 48.6 Å². The number of hydrogen-bond donors (Lipinski definition) is 3. The molecule has 0 bridgehead atoms. The summed E-state index contributed by atoms with van der Waals surface area (Å²) in [4.78, 5) is 29.4. The number of methoxy groups -OCH3 is 2. The fourth-order valence-corrected chi connectivity index (χ4v) is 5.05. The minimum absolute atomic E-state index is 0.0342. The number of carbonyl (C=O) groups excluding carboxylic acids is 2. The standard InChI is InChI=1S/C28H27NO10/c1-12-24(32)22-15(9-29-12)10-37-27(22)18-7-16(13(2)30)25(33)23(26(18)34)17(8-21(31)36-4)14-5-19(35-3)28-20(6-14)38-11-39-28/h5-7,9,17,27,32-34H,8,10-11H2,1-4H3/t17-,27-/m1/s1. The average molecular weight is 538 g/mol. The van der Waals surface area contributed by atoms with Gasteiger partial charge in [-0.2, -0.15) is 0 Å². The number of pyridine rings is 1. The van der Waals surface area contributed by atoms with Crippen molar-refractivity contribution in [2.45, 2.75) is 38.9 Å². The van der Waals surface area contributed by atoms with Crippen LogP contribution in [0.25, 0.3) is 0 Å². The Kier molecular flexibility index (Phi) is 6.69. The number of aromatic nitrogens is 1. The summed E-state index contributed by atoms with van der Waals surface area (Å²) >= 11 is 0. The smallest absolute Gasteiger partial charge is 0.306 e. The van der Waals surface area contributed by atoms with Crippen LogP contribution in [-0.2, 0) is 20.9 Å². The van der Waals surface area contributed by atoms with Gasteiger partial charge in [-0.05, 0) is 37.6 Å². The first-order chi connectivity index (χ1) is 18.7. The van der Waals surface area contributed by atoms with E-state index in [2.05, 4.69) is 4.98 Å². The van der Waals surface area contributed by atoms with Crippen molar-refractivity contribution >= 4 is 11.8 Å². The maximum absolute atomic E-state index is 12.7. The van der Waals surface area contributed by atoms with E-state index in [0.29, 0.717) is 39.6 Å². The lowest BCUT2D eigenvalue weighted by Gasteiger charge is -2.25. The van der Waals surface area contributed by atoms with Crippen LogP contribution >= 0.6 is 0 Å². The fourth-order valence-electron chi connectivity index (χ4n) is 5.05. The van der Waals surface area contributed by atoms with Crippen molar-refractivity contribution in [1.29, 1.82) is 0 Å². The summed E-state index contributed by atoms with van der Waals surface area (Å²) in [5.74, 6) is -2.08. The number of esters is 1. The average Bonchev–Trinajstić information content (AvgIpc) is 3.57. The van der Waals surface area contributed by atoms with E-state index in [1.807, 2.05) is 0 Å². The molecule has 3 aromatic rings. The maximum atomic E-state index is 12.7. The van der Waals surface area contributed by atoms with Gasteiger partial charge in [-0.1, -0.05) is 0 Å². The molecule has 0 fully saturated rings. The lowest BCUT2D eigenvalue weighted by atomic mass is 9.82. The summed E-state index contributed by atoms with van der Waals surface area (Å²) in [7, 11) is 2.66. The summed E-state index contributed by atoms with van der Waals surface area (Å²) in [6, 6.07) is 4.54. The molecule has 2 aliphatic rings. The number of benzene rings is 2.